The summed E-state index contributed by atoms with van der Waals surface area (Å²) in [7, 11) is -3.85. The molecular weight excluding hydrogens is 390 g/mol. The van der Waals surface area contributed by atoms with E-state index in [1.807, 2.05) is 30.3 Å². The average molecular weight is 404 g/mol. The van der Waals surface area contributed by atoms with Crippen LogP contribution in [0.25, 0.3) is 10.2 Å². The summed E-state index contributed by atoms with van der Waals surface area (Å²) in [6.45, 7) is 0.403. The van der Waals surface area contributed by atoms with Gasteiger partial charge in [0.2, 0.25) is 10.0 Å². The third-order valence-electron chi connectivity index (χ3n) is 4.45. The van der Waals surface area contributed by atoms with E-state index in [4.69, 9.17) is 11.6 Å². The molecule has 0 bridgehead atoms. The van der Waals surface area contributed by atoms with Crippen LogP contribution in [0.5, 0.6) is 0 Å². The Morgan fingerprint density at radius 3 is 2.85 bits per heavy atom. The lowest BCUT2D eigenvalue weighted by atomic mass is 10.2. The van der Waals surface area contributed by atoms with Gasteiger partial charge in [0.25, 0.3) is 0 Å². The molecule has 5 nitrogen and oxygen atoms in total. The van der Waals surface area contributed by atoms with E-state index in [1.54, 1.807) is 0 Å². The molecule has 132 valence electrons. The minimum atomic E-state index is -3.85. The molecule has 3 aromatic rings. The molecule has 0 saturated carbocycles. The van der Waals surface area contributed by atoms with Crippen LogP contribution < -0.4 is 0 Å². The number of nitrogens with zero attached hydrogens (tertiary/aromatic N) is 3. The molecule has 8 heteroatoms. The third-order valence-corrected chi connectivity index (χ3v) is 7.77. The van der Waals surface area contributed by atoms with Gasteiger partial charge in [0.15, 0.2) is 0 Å². The number of aromatic nitrogens is 1. The molecule has 1 aromatic heterocycles. The van der Waals surface area contributed by atoms with E-state index in [1.165, 1.54) is 33.8 Å². The van der Waals surface area contributed by atoms with E-state index in [0.717, 1.165) is 21.6 Å². The van der Waals surface area contributed by atoms with Crippen molar-refractivity contribution < 1.29 is 8.42 Å². The Hall–Kier alpha value is -1.98. The Labute approximate surface area is 160 Å². The van der Waals surface area contributed by atoms with Gasteiger partial charge >= 0.3 is 0 Å². The van der Waals surface area contributed by atoms with Crippen LogP contribution >= 0.6 is 22.9 Å². The number of hydrogen-bond donors (Lipinski definition) is 0. The number of halogens is 1. The zero-order valence-electron chi connectivity index (χ0n) is 13.6. The lowest BCUT2D eigenvalue weighted by Crippen LogP contribution is -2.31. The van der Waals surface area contributed by atoms with E-state index in [2.05, 4.69) is 4.98 Å². The highest BCUT2D eigenvalue weighted by Gasteiger charge is 2.39. The van der Waals surface area contributed by atoms with Gasteiger partial charge in [-0.2, -0.15) is 9.57 Å². The summed E-state index contributed by atoms with van der Waals surface area (Å²) in [4.78, 5) is 4.59. The number of nitriles is 1. The van der Waals surface area contributed by atoms with Crippen molar-refractivity contribution in [2.24, 2.45) is 0 Å². The topological polar surface area (TPSA) is 74.1 Å². The van der Waals surface area contributed by atoms with E-state index in [0.29, 0.717) is 18.0 Å². The van der Waals surface area contributed by atoms with Crippen molar-refractivity contribution in [1.29, 1.82) is 5.26 Å². The predicted octanol–water partition coefficient (Wildman–Crippen LogP) is 4.35. The van der Waals surface area contributed by atoms with Crippen LogP contribution in [0.1, 0.15) is 29.5 Å². The predicted molar refractivity (Wildman–Crippen MR) is 102 cm³/mol. The molecule has 1 unspecified atom stereocenters. The van der Waals surface area contributed by atoms with Crippen LogP contribution in [0.4, 0.5) is 0 Å². The van der Waals surface area contributed by atoms with Crippen molar-refractivity contribution in [3.05, 3.63) is 58.1 Å². The number of fused-ring (bicyclic) bond motifs is 1. The normalized spacial score (nSPS) is 18.2. The van der Waals surface area contributed by atoms with Crippen LogP contribution in [-0.4, -0.2) is 24.3 Å². The fourth-order valence-corrected chi connectivity index (χ4v) is 6.48. The average Bonchev–Trinajstić information content (AvgIpc) is 3.28. The van der Waals surface area contributed by atoms with Crippen LogP contribution in [0.2, 0.25) is 5.02 Å². The maximum absolute atomic E-state index is 13.3. The van der Waals surface area contributed by atoms with Crippen LogP contribution in [0.3, 0.4) is 0 Å². The Morgan fingerprint density at radius 2 is 2.08 bits per heavy atom. The van der Waals surface area contributed by atoms with Gasteiger partial charge in [0.1, 0.15) is 16.0 Å². The summed E-state index contributed by atoms with van der Waals surface area (Å²) in [5.74, 6) is 0. The SMILES string of the molecule is N#Cc1ccc(Cl)cc1S(=O)(=O)N1CCCC1c1nc2ccccc2s1. The van der Waals surface area contributed by atoms with E-state index in [-0.39, 0.29) is 16.5 Å². The molecule has 2 aromatic carbocycles. The summed E-state index contributed by atoms with van der Waals surface area (Å²) in [5, 5.41) is 10.4. The zero-order valence-corrected chi connectivity index (χ0v) is 16.0. The molecule has 0 amide bonds. The molecule has 0 radical (unpaired) electrons. The lowest BCUT2D eigenvalue weighted by Gasteiger charge is -2.23. The summed E-state index contributed by atoms with van der Waals surface area (Å²) in [6.07, 6.45) is 1.46. The molecule has 1 saturated heterocycles. The Balaban J connectivity index is 1.79. The molecule has 1 aliphatic heterocycles. The summed E-state index contributed by atoms with van der Waals surface area (Å²) in [6, 6.07) is 13.7. The van der Waals surface area contributed by atoms with Gasteiger partial charge in [-0.05, 0) is 43.2 Å². The monoisotopic (exact) mass is 403 g/mol. The first-order valence-corrected chi connectivity index (χ1v) is 10.7. The highest BCUT2D eigenvalue weighted by molar-refractivity contribution is 7.89. The number of benzene rings is 2. The first kappa shape index (κ1) is 17.4. The van der Waals surface area contributed by atoms with Crippen molar-refractivity contribution >= 4 is 43.2 Å². The Kier molecular flexibility index (Phi) is 4.45. The van der Waals surface area contributed by atoms with Crippen LogP contribution in [0.15, 0.2) is 47.4 Å². The maximum Gasteiger partial charge on any atom is 0.245 e. The number of para-hydroxylation sites is 1. The molecular formula is C18H14ClN3O2S2. The van der Waals surface area contributed by atoms with Gasteiger partial charge in [-0.3, -0.25) is 0 Å². The van der Waals surface area contributed by atoms with Crippen molar-refractivity contribution in [3.63, 3.8) is 0 Å². The number of rotatable bonds is 3. The minimum absolute atomic E-state index is 0.0412. The smallest absolute Gasteiger partial charge is 0.239 e. The Morgan fingerprint density at radius 1 is 1.27 bits per heavy atom. The maximum atomic E-state index is 13.3. The summed E-state index contributed by atoms with van der Waals surface area (Å²) >= 11 is 7.51. The van der Waals surface area contributed by atoms with Crippen LogP contribution in [-0.2, 0) is 10.0 Å². The zero-order chi connectivity index (χ0) is 18.3. The molecule has 4 rings (SSSR count). The van der Waals surface area contributed by atoms with Gasteiger partial charge < -0.3 is 0 Å². The van der Waals surface area contributed by atoms with Crippen molar-refractivity contribution in [2.45, 2.75) is 23.8 Å². The second-order valence-electron chi connectivity index (χ2n) is 6.05. The molecule has 1 atom stereocenters. The minimum Gasteiger partial charge on any atom is -0.239 e. The van der Waals surface area contributed by atoms with Crippen LogP contribution in [0, 0.1) is 11.3 Å². The third kappa shape index (κ3) is 2.89. The molecule has 0 spiro atoms. The van der Waals surface area contributed by atoms with Gasteiger partial charge in [-0.1, -0.05) is 23.7 Å². The summed E-state index contributed by atoms with van der Waals surface area (Å²) in [5.41, 5.74) is 0.974. The number of thiazole rings is 1. The van der Waals surface area contributed by atoms with E-state index >= 15 is 0 Å². The standard InChI is InChI=1S/C18H14ClN3O2S2/c19-13-8-7-12(11-20)17(10-13)26(23,24)22-9-3-5-15(22)18-21-14-4-1-2-6-16(14)25-18/h1-2,4,6-8,10,15H,3,5,9H2. The van der Waals surface area contributed by atoms with Crippen molar-refractivity contribution in [2.75, 3.05) is 6.54 Å². The highest BCUT2D eigenvalue weighted by atomic mass is 35.5. The van der Waals surface area contributed by atoms with Gasteiger partial charge in [-0.25, -0.2) is 13.4 Å². The van der Waals surface area contributed by atoms with E-state index in [9.17, 15) is 13.7 Å². The summed E-state index contributed by atoms with van der Waals surface area (Å²) < 4.78 is 29.0. The van der Waals surface area contributed by atoms with Crippen molar-refractivity contribution in [1.82, 2.24) is 9.29 Å². The molecule has 0 aliphatic carbocycles. The largest absolute Gasteiger partial charge is 0.245 e. The number of sulfonamides is 1. The fraction of sp³-hybridized carbons (Fsp3) is 0.222. The second-order valence-corrected chi connectivity index (χ2v) is 9.40. The Bertz CT molecular complexity index is 1100. The van der Waals surface area contributed by atoms with Gasteiger partial charge in [0, 0.05) is 11.6 Å². The van der Waals surface area contributed by atoms with Crippen molar-refractivity contribution in [3.8, 4) is 6.07 Å². The first-order chi connectivity index (χ1) is 12.5. The van der Waals surface area contributed by atoms with Gasteiger partial charge in [-0.15, -0.1) is 11.3 Å². The molecule has 2 heterocycles. The fourth-order valence-electron chi connectivity index (χ4n) is 3.24. The first-order valence-electron chi connectivity index (χ1n) is 8.07. The molecule has 0 N–H and O–H groups in total. The molecule has 1 aliphatic rings. The molecule has 26 heavy (non-hydrogen) atoms. The molecule has 1 fully saturated rings. The van der Waals surface area contributed by atoms with E-state index < -0.39 is 10.0 Å². The second kappa shape index (κ2) is 6.63. The number of hydrogen-bond acceptors (Lipinski definition) is 5. The lowest BCUT2D eigenvalue weighted by molar-refractivity contribution is 0.396. The highest BCUT2D eigenvalue weighted by Crippen LogP contribution is 2.40. The quantitative estimate of drug-likeness (QED) is 0.651. The van der Waals surface area contributed by atoms with Gasteiger partial charge in [0.05, 0.1) is 21.8 Å².